The first-order valence-corrected chi connectivity index (χ1v) is 14.7. The molecule has 2 aliphatic rings. The lowest BCUT2D eigenvalue weighted by atomic mass is 10.1. The van der Waals surface area contributed by atoms with E-state index in [4.69, 9.17) is 9.72 Å². The molecule has 186 valence electrons. The highest BCUT2D eigenvalue weighted by Gasteiger charge is 2.31. The van der Waals surface area contributed by atoms with Gasteiger partial charge in [0, 0.05) is 42.9 Å². The Bertz CT molecular complexity index is 1480. The Kier molecular flexibility index (Phi) is 5.62. The number of H-pyrrole nitrogens is 1. The van der Waals surface area contributed by atoms with Crippen molar-refractivity contribution in [1.29, 1.82) is 0 Å². The first kappa shape index (κ1) is 22.9. The van der Waals surface area contributed by atoms with Crippen LogP contribution in [0.15, 0.2) is 54.7 Å². The molecule has 0 saturated carbocycles. The summed E-state index contributed by atoms with van der Waals surface area (Å²) in [6.07, 6.45) is 1.84. The zero-order valence-corrected chi connectivity index (χ0v) is 21.5. The second-order valence-corrected chi connectivity index (χ2v) is 13.0. The minimum Gasteiger partial charge on any atom is -0.489 e. The summed E-state index contributed by atoms with van der Waals surface area (Å²) < 4.78 is 19.0. The van der Waals surface area contributed by atoms with Gasteiger partial charge < -0.3 is 34.7 Å². The highest BCUT2D eigenvalue weighted by atomic mass is 31.2. The van der Waals surface area contributed by atoms with Gasteiger partial charge >= 0.3 is 0 Å². The van der Waals surface area contributed by atoms with Crippen molar-refractivity contribution in [1.82, 2.24) is 19.9 Å². The van der Waals surface area contributed by atoms with Crippen LogP contribution in [0.1, 0.15) is 0 Å². The van der Waals surface area contributed by atoms with Gasteiger partial charge in [-0.3, -0.25) is 0 Å². The van der Waals surface area contributed by atoms with E-state index in [1.807, 2.05) is 48.7 Å². The number of para-hydroxylation sites is 1. The van der Waals surface area contributed by atoms with E-state index in [1.165, 1.54) is 0 Å². The van der Waals surface area contributed by atoms with Crippen LogP contribution in [0.4, 0.5) is 28.8 Å². The number of hydrogen-bond donors (Lipinski definition) is 3. The standard InChI is InChI=1S/C26H30N7O2P/c1-32-12-13-33-18(15-32)16-35-22-14-17(8-9-21(22)33)28-26-30-24-19(10-11-27-24)25(31-26)29-20-6-4-5-7-23(20)36(2,3)34/h4-11,14,18H,12-13,15-16H2,1-3H3,(H3,27,28,29,30,31)/t18-/m0/s1. The van der Waals surface area contributed by atoms with Crippen molar-refractivity contribution in [2.45, 2.75) is 6.04 Å². The topological polar surface area (TPSA) is 98.4 Å². The quantitative estimate of drug-likeness (QED) is 0.349. The van der Waals surface area contributed by atoms with Crippen LogP contribution in [-0.2, 0) is 4.57 Å². The number of aromatic amines is 1. The van der Waals surface area contributed by atoms with Crippen molar-refractivity contribution in [3.05, 3.63) is 54.7 Å². The third-order valence-electron chi connectivity index (χ3n) is 6.80. The van der Waals surface area contributed by atoms with Crippen LogP contribution >= 0.6 is 7.14 Å². The summed E-state index contributed by atoms with van der Waals surface area (Å²) in [7, 11) is -0.322. The Balaban J connectivity index is 1.30. The maximum Gasteiger partial charge on any atom is 0.231 e. The molecule has 1 fully saturated rings. The maximum atomic E-state index is 12.9. The molecule has 0 aliphatic carbocycles. The molecule has 10 heteroatoms. The number of piperazine rings is 1. The molecule has 1 saturated heterocycles. The van der Waals surface area contributed by atoms with Gasteiger partial charge in [-0.05, 0) is 50.7 Å². The monoisotopic (exact) mass is 503 g/mol. The van der Waals surface area contributed by atoms with Gasteiger partial charge in [0.2, 0.25) is 5.95 Å². The third kappa shape index (κ3) is 4.29. The van der Waals surface area contributed by atoms with Gasteiger partial charge in [-0.1, -0.05) is 12.1 Å². The molecule has 0 spiro atoms. The van der Waals surface area contributed by atoms with Crippen LogP contribution < -0.4 is 25.6 Å². The van der Waals surface area contributed by atoms with Gasteiger partial charge in [-0.25, -0.2) is 0 Å². The summed E-state index contributed by atoms with van der Waals surface area (Å²) in [5.41, 5.74) is 3.47. The molecule has 0 radical (unpaired) electrons. The lowest BCUT2D eigenvalue weighted by molar-refractivity contribution is 0.188. The van der Waals surface area contributed by atoms with E-state index in [0.717, 1.165) is 53.1 Å². The van der Waals surface area contributed by atoms with Gasteiger partial charge in [0.15, 0.2) is 0 Å². The SMILES string of the molecule is CN1CCN2c3ccc(Nc4nc(Nc5ccccc5P(C)(C)=O)c5cc[nH]c5n4)cc3OC[C@@H]2C1. The van der Waals surface area contributed by atoms with Crippen molar-refractivity contribution in [2.24, 2.45) is 0 Å². The summed E-state index contributed by atoms with van der Waals surface area (Å²) in [6.45, 7) is 7.27. The first-order valence-electron chi connectivity index (χ1n) is 12.1. The summed E-state index contributed by atoms with van der Waals surface area (Å²) in [5, 5.41) is 8.38. The summed E-state index contributed by atoms with van der Waals surface area (Å²) >= 11 is 0. The van der Waals surface area contributed by atoms with Crippen LogP contribution in [0.3, 0.4) is 0 Å². The average Bonchev–Trinajstić information content (AvgIpc) is 3.32. The smallest absolute Gasteiger partial charge is 0.231 e. The van der Waals surface area contributed by atoms with Gasteiger partial charge in [0.1, 0.15) is 31.0 Å². The lowest BCUT2D eigenvalue weighted by Gasteiger charge is -2.44. The maximum absolute atomic E-state index is 12.9. The molecule has 2 aromatic carbocycles. The number of aromatic nitrogens is 3. The summed E-state index contributed by atoms with van der Waals surface area (Å²) in [4.78, 5) is 17.4. The molecular formula is C26H30N7O2P. The van der Waals surface area contributed by atoms with Gasteiger partial charge in [0.05, 0.1) is 22.8 Å². The van der Waals surface area contributed by atoms with E-state index in [0.29, 0.717) is 30.1 Å². The minimum atomic E-state index is -2.48. The number of rotatable bonds is 5. The van der Waals surface area contributed by atoms with Crippen LogP contribution in [0, 0.1) is 0 Å². The molecule has 3 N–H and O–H groups in total. The zero-order valence-electron chi connectivity index (χ0n) is 20.7. The Morgan fingerprint density at radius 2 is 1.94 bits per heavy atom. The second kappa shape index (κ2) is 8.84. The van der Waals surface area contributed by atoms with Crippen molar-refractivity contribution in [2.75, 3.05) is 62.2 Å². The highest BCUT2D eigenvalue weighted by Crippen LogP contribution is 2.39. The van der Waals surface area contributed by atoms with Crippen molar-refractivity contribution in [3.63, 3.8) is 0 Å². The van der Waals surface area contributed by atoms with Crippen LogP contribution in [0.25, 0.3) is 11.0 Å². The Morgan fingerprint density at radius 1 is 1.08 bits per heavy atom. The molecule has 4 heterocycles. The van der Waals surface area contributed by atoms with Crippen molar-refractivity contribution in [3.8, 4) is 5.75 Å². The number of benzene rings is 2. The summed E-state index contributed by atoms with van der Waals surface area (Å²) in [6, 6.07) is 16.1. The van der Waals surface area contributed by atoms with Gasteiger partial charge in [0.25, 0.3) is 0 Å². The fourth-order valence-electron chi connectivity index (χ4n) is 5.00. The molecule has 0 amide bonds. The van der Waals surface area contributed by atoms with Crippen LogP contribution in [0.5, 0.6) is 5.75 Å². The Hall–Kier alpha value is -3.55. The van der Waals surface area contributed by atoms with E-state index in [2.05, 4.69) is 43.5 Å². The molecule has 1 atom stereocenters. The minimum absolute atomic E-state index is 0.381. The molecule has 2 aliphatic heterocycles. The predicted octanol–water partition coefficient (Wildman–Crippen LogP) is 4.21. The Morgan fingerprint density at radius 3 is 2.81 bits per heavy atom. The van der Waals surface area contributed by atoms with Crippen LogP contribution in [0.2, 0.25) is 0 Å². The molecule has 4 aromatic rings. The fourth-order valence-corrected chi connectivity index (χ4v) is 6.15. The second-order valence-electron chi connectivity index (χ2n) is 9.86. The molecule has 0 bridgehead atoms. The molecule has 36 heavy (non-hydrogen) atoms. The number of fused-ring (bicyclic) bond motifs is 4. The van der Waals surface area contributed by atoms with E-state index in [9.17, 15) is 4.57 Å². The van der Waals surface area contributed by atoms with E-state index in [-0.39, 0.29) is 0 Å². The van der Waals surface area contributed by atoms with Crippen molar-refractivity contribution < 1.29 is 9.30 Å². The Labute approximate surface area is 210 Å². The number of hydrogen-bond acceptors (Lipinski definition) is 8. The predicted molar refractivity (Wildman–Crippen MR) is 147 cm³/mol. The average molecular weight is 504 g/mol. The number of likely N-dealkylation sites (N-methyl/N-ethyl adjacent to an activating group) is 1. The molecule has 9 nitrogen and oxygen atoms in total. The number of ether oxygens (including phenoxy) is 1. The molecule has 0 unspecified atom stereocenters. The zero-order chi connectivity index (χ0) is 24.9. The largest absolute Gasteiger partial charge is 0.489 e. The number of nitrogens with one attached hydrogen (secondary N) is 3. The molecule has 2 aromatic heterocycles. The normalized spacial score (nSPS) is 17.9. The van der Waals surface area contributed by atoms with E-state index in [1.54, 1.807) is 13.3 Å². The lowest BCUT2D eigenvalue weighted by Crippen LogP contribution is -2.56. The number of nitrogens with zero attached hydrogens (tertiary/aromatic N) is 4. The third-order valence-corrected chi connectivity index (χ3v) is 8.35. The van der Waals surface area contributed by atoms with Crippen molar-refractivity contribution >= 4 is 52.3 Å². The van der Waals surface area contributed by atoms with Gasteiger partial charge in [-0.2, -0.15) is 9.97 Å². The van der Waals surface area contributed by atoms with Crippen LogP contribution in [-0.4, -0.2) is 72.5 Å². The molecule has 6 rings (SSSR count). The highest BCUT2D eigenvalue weighted by molar-refractivity contribution is 7.70. The summed E-state index contributed by atoms with van der Waals surface area (Å²) in [5.74, 6) is 1.96. The van der Waals surface area contributed by atoms with E-state index < -0.39 is 7.14 Å². The van der Waals surface area contributed by atoms with E-state index >= 15 is 0 Å². The van der Waals surface area contributed by atoms with Gasteiger partial charge in [-0.15, -0.1) is 0 Å². The fraction of sp³-hybridized carbons (Fsp3) is 0.308. The number of anilines is 5. The molecular weight excluding hydrogens is 473 g/mol. The first-order chi connectivity index (χ1) is 17.3.